The van der Waals surface area contributed by atoms with E-state index in [2.05, 4.69) is 75.5 Å². The maximum Gasteiger partial charge on any atom is 0.191 e. The molecule has 1 atom stereocenters. The van der Waals surface area contributed by atoms with Gasteiger partial charge in [0.2, 0.25) is 0 Å². The number of piperidine rings is 1. The average molecular weight is 442 g/mol. The highest BCUT2D eigenvalue weighted by Gasteiger charge is 2.53. The number of halogens is 1. The van der Waals surface area contributed by atoms with Crippen LogP contribution in [-0.2, 0) is 0 Å². The molecule has 5 rings (SSSR count). The van der Waals surface area contributed by atoms with E-state index < -0.39 is 0 Å². The number of nitrogens with one attached hydrogen (secondary N) is 2. The van der Waals surface area contributed by atoms with E-state index in [4.69, 9.17) is 4.74 Å². The summed E-state index contributed by atoms with van der Waals surface area (Å²) in [5.41, 5.74) is 6.77. The number of aromatic nitrogens is 1. The molecule has 5 nitrogen and oxygen atoms in total. The lowest BCUT2D eigenvalue weighted by Gasteiger charge is -2.51. The molecular formula is C22H26BrN4O+. The van der Waals surface area contributed by atoms with Crippen LogP contribution in [0.1, 0.15) is 43.9 Å². The molecule has 0 amide bonds. The smallest absolute Gasteiger partial charge is 0.191 e. The number of fused-ring (bicyclic) bond motifs is 4. The zero-order valence-corrected chi connectivity index (χ0v) is 17.9. The van der Waals surface area contributed by atoms with Crippen molar-refractivity contribution in [3.63, 3.8) is 0 Å². The van der Waals surface area contributed by atoms with Crippen molar-refractivity contribution in [2.24, 2.45) is 0 Å². The van der Waals surface area contributed by atoms with Crippen LogP contribution in [0.15, 0.2) is 53.3 Å². The van der Waals surface area contributed by atoms with Crippen molar-refractivity contribution >= 4 is 21.6 Å². The highest BCUT2D eigenvalue weighted by molar-refractivity contribution is 9.10. The number of nitrogens with zero attached hydrogens (tertiary/aromatic N) is 2. The number of hydrazine groups is 1. The minimum atomic E-state index is -0.315. The standard InChI is InChI=1S/C22H25BrN4O/c1-15(2)26-10-7-22(8-11-26)27-20(18-12-17(23)5-6-21(18)28-22)13-19(25-27)16-4-3-9-24-14-16/h3-6,9,12-15,20,25H,7-8,10-11H2,1-2H3/p+1/t20-/m1/s1. The van der Waals surface area contributed by atoms with Gasteiger partial charge in [0.1, 0.15) is 5.75 Å². The normalized spacial score (nSPS) is 29.1. The van der Waals surface area contributed by atoms with Gasteiger partial charge in [0.15, 0.2) is 5.72 Å². The largest absolute Gasteiger partial charge is 0.470 e. The van der Waals surface area contributed by atoms with Crippen LogP contribution in [0.4, 0.5) is 0 Å². The Morgan fingerprint density at radius 1 is 1.29 bits per heavy atom. The Kier molecular flexibility index (Phi) is 4.45. The Labute approximate surface area is 174 Å². The zero-order valence-electron chi connectivity index (χ0n) is 16.3. The van der Waals surface area contributed by atoms with Crippen molar-refractivity contribution in [1.29, 1.82) is 0 Å². The molecule has 1 spiro atoms. The van der Waals surface area contributed by atoms with Gasteiger partial charge in [0, 0.05) is 28.0 Å². The fraction of sp³-hybridized carbons (Fsp3) is 0.409. The van der Waals surface area contributed by atoms with E-state index in [1.54, 1.807) is 4.90 Å². The Balaban J connectivity index is 1.54. The molecular weight excluding hydrogens is 416 g/mol. The lowest BCUT2D eigenvalue weighted by atomic mass is 9.92. The highest BCUT2D eigenvalue weighted by atomic mass is 79.9. The van der Waals surface area contributed by atoms with Gasteiger partial charge >= 0.3 is 0 Å². The molecule has 1 aromatic carbocycles. The van der Waals surface area contributed by atoms with Gasteiger partial charge in [-0.05, 0) is 50.3 Å². The second-order valence-corrected chi connectivity index (χ2v) is 9.21. The van der Waals surface area contributed by atoms with Crippen molar-refractivity contribution < 1.29 is 9.64 Å². The maximum absolute atomic E-state index is 6.72. The van der Waals surface area contributed by atoms with Crippen molar-refractivity contribution in [2.45, 2.75) is 44.5 Å². The molecule has 1 saturated heterocycles. The summed E-state index contributed by atoms with van der Waals surface area (Å²) < 4.78 is 7.80. The van der Waals surface area contributed by atoms with Crippen molar-refractivity contribution in [3.8, 4) is 5.75 Å². The van der Waals surface area contributed by atoms with E-state index >= 15 is 0 Å². The third kappa shape index (κ3) is 2.95. The van der Waals surface area contributed by atoms with E-state index in [0.717, 1.165) is 47.4 Å². The predicted octanol–water partition coefficient (Wildman–Crippen LogP) is 2.92. The summed E-state index contributed by atoms with van der Waals surface area (Å²) in [5, 5.41) is 2.35. The van der Waals surface area contributed by atoms with Gasteiger partial charge in [-0.2, -0.15) is 5.01 Å². The lowest BCUT2D eigenvalue weighted by Crippen LogP contribution is -3.16. The summed E-state index contributed by atoms with van der Waals surface area (Å²) in [6.07, 6.45) is 8.06. The van der Waals surface area contributed by atoms with Gasteiger partial charge in [-0.3, -0.25) is 4.98 Å². The second-order valence-electron chi connectivity index (χ2n) is 8.29. The Hall–Kier alpha value is -1.89. The average Bonchev–Trinajstić information content (AvgIpc) is 3.17. The summed E-state index contributed by atoms with van der Waals surface area (Å²) in [4.78, 5) is 5.96. The molecule has 3 aliphatic rings. The molecule has 1 fully saturated rings. The molecule has 3 aliphatic heterocycles. The number of rotatable bonds is 2. The first-order valence-corrected chi connectivity index (χ1v) is 10.9. The molecule has 6 heteroatoms. The monoisotopic (exact) mass is 441 g/mol. The zero-order chi connectivity index (χ0) is 19.3. The van der Waals surface area contributed by atoms with Crippen LogP contribution >= 0.6 is 15.9 Å². The third-order valence-electron chi connectivity index (χ3n) is 6.34. The van der Waals surface area contributed by atoms with Crippen LogP contribution in [0.5, 0.6) is 5.75 Å². The Morgan fingerprint density at radius 3 is 2.82 bits per heavy atom. The topological polar surface area (TPSA) is 41.8 Å². The molecule has 0 saturated carbocycles. The number of benzene rings is 1. The van der Waals surface area contributed by atoms with Crippen LogP contribution in [0, 0.1) is 0 Å². The molecule has 2 aromatic rings. The molecule has 0 bridgehead atoms. The fourth-order valence-electron chi connectivity index (χ4n) is 4.72. The number of likely N-dealkylation sites (tertiary alicyclic amines) is 1. The molecule has 0 unspecified atom stereocenters. The first-order valence-electron chi connectivity index (χ1n) is 10.1. The van der Waals surface area contributed by atoms with Gasteiger partial charge in [0.25, 0.3) is 0 Å². The van der Waals surface area contributed by atoms with Crippen LogP contribution in [-0.4, -0.2) is 34.8 Å². The molecule has 4 heterocycles. The molecule has 2 N–H and O–H groups in total. The molecule has 0 radical (unpaired) electrons. The number of quaternary nitrogens is 1. The van der Waals surface area contributed by atoms with Crippen LogP contribution in [0.25, 0.3) is 5.70 Å². The van der Waals surface area contributed by atoms with E-state index in [1.807, 2.05) is 18.5 Å². The van der Waals surface area contributed by atoms with Gasteiger partial charge in [-0.1, -0.05) is 15.9 Å². The van der Waals surface area contributed by atoms with Gasteiger partial charge in [-0.25, -0.2) is 0 Å². The summed E-state index contributed by atoms with van der Waals surface area (Å²) in [6, 6.07) is 11.2. The molecule has 146 valence electrons. The fourth-order valence-corrected chi connectivity index (χ4v) is 5.09. The number of pyridine rings is 1. The quantitative estimate of drug-likeness (QED) is 0.751. The maximum atomic E-state index is 6.72. The number of ether oxygens (including phenoxy) is 1. The van der Waals surface area contributed by atoms with Gasteiger partial charge in [0.05, 0.1) is 43.7 Å². The number of hydrogen-bond donors (Lipinski definition) is 2. The summed E-state index contributed by atoms with van der Waals surface area (Å²) in [7, 11) is 0. The van der Waals surface area contributed by atoms with Gasteiger partial charge in [-0.15, -0.1) is 0 Å². The summed E-state index contributed by atoms with van der Waals surface area (Å²) in [5.74, 6) is 1.00. The van der Waals surface area contributed by atoms with Crippen molar-refractivity contribution in [1.82, 2.24) is 15.4 Å². The molecule has 1 aromatic heterocycles. The Morgan fingerprint density at radius 2 is 2.11 bits per heavy atom. The van der Waals surface area contributed by atoms with E-state index in [0.29, 0.717) is 6.04 Å². The van der Waals surface area contributed by atoms with E-state index in [-0.39, 0.29) is 11.8 Å². The predicted molar refractivity (Wildman–Crippen MR) is 112 cm³/mol. The van der Waals surface area contributed by atoms with Crippen molar-refractivity contribution in [2.75, 3.05) is 13.1 Å². The van der Waals surface area contributed by atoms with E-state index in [9.17, 15) is 0 Å². The number of hydrogen-bond acceptors (Lipinski definition) is 4. The summed E-state index contributed by atoms with van der Waals surface area (Å²) in [6.45, 7) is 6.86. The minimum Gasteiger partial charge on any atom is -0.470 e. The van der Waals surface area contributed by atoms with Crippen LogP contribution < -0.4 is 15.1 Å². The highest BCUT2D eigenvalue weighted by Crippen LogP contribution is 2.48. The van der Waals surface area contributed by atoms with Crippen LogP contribution in [0.2, 0.25) is 0 Å². The SMILES string of the molecule is CC(C)[NH+]1CCC2(CC1)Oc1ccc(Br)cc1[C@H]1C=C(c3cccnc3)NN12. The van der Waals surface area contributed by atoms with Crippen molar-refractivity contribution in [3.05, 3.63) is 64.4 Å². The molecule has 0 aliphatic carbocycles. The minimum absolute atomic E-state index is 0.150. The second kappa shape index (κ2) is 6.87. The molecule has 28 heavy (non-hydrogen) atoms. The first-order chi connectivity index (χ1) is 13.6. The lowest BCUT2D eigenvalue weighted by molar-refractivity contribution is -0.929. The Bertz CT molecular complexity index is 906. The van der Waals surface area contributed by atoms with Gasteiger partial charge < -0.3 is 15.1 Å². The first kappa shape index (κ1) is 18.2. The third-order valence-corrected chi connectivity index (χ3v) is 6.83. The summed E-state index contributed by atoms with van der Waals surface area (Å²) >= 11 is 3.63. The van der Waals surface area contributed by atoms with Crippen LogP contribution in [0.3, 0.4) is 0 Å². The van der Waals surface area contributed by atoms with E-state index in [1.165, 1.54) is 5.56 Å².